The zero-order valence-corrected chi connectivity index (χ0v) is 8.04. The topological polar surface area (TPSA) is 110 Å². The molecular weight excluding hydrogens is 216 g/mol. The number of carboxylic acids is 1. The van der Waals surface area contributed by atoms with E-state index in [2.05, 4.69) is 5.32 Å². The van der Waals surface area contributed by atoms with Gasteiger partial charge in [-0.05, 0) is 5.56 Å². The van der Waals surface area contributed by atoms with Crippen molar-refractivity contribution in [2.75, 3.05) is 0 Å². The molecular formula is C9H8N2O5. The Bertz CT molecular complexity index is 426. The van der Waals surface area contributed by atoms with E-state index in [1.165, 1.54) is 24.3 Å². The lowest BCUT2D eigenvalue weighted by molar-refractivity contribution is -0.384. The highest BCUT2D eigenvalue weighted by molar-refractivity contribution is 6.31. The van der Waals surface area contributed by atoms with Gasteiger partial charge >= 0.3 is 11.9 Å². The number of carboxylic acid groups (broad SMARTS) is 1. The average Bonchev–Trinajstić information content (AvgIpc) is 2.26. The van der Waals surface area contributed by atoms with E-state index in [0.717, 1.165) is 0 Å². The predicted octanol–water partition coefficient (Wildman–Crippen LogP) is 0.296. The quantitative estimate of drug-likeness (QED) is 0.435. The second-order valence-electron chi connectivity index (χ2n) is 2.91. The molecule has 1 aromatic carbocycles. The molecule has 1 amide bonds. The Kier molecular flexibility index (Phi) is 3.54. The van der Waals surface area contributed by atoms with Gasteiger partial charge in [-0.1, -0.05) is 12.1 Å². The smallest absolute Gasteiger partial charge is 0.394 e. The second-order valence-corrected chi connectivity index (χ2v) is 2.91. The molecule has 7 nitrogen and oxygen atoms in total. The van der Waals surface area contributed by atoms with Crippen molar-refractivity contribution in [1.82, 2.24) is 5.32 Å². The van der Waals surface area contributed by atoms with Crippen LogP contribution >= 0.6 is 0 Å². The summed E-state index contributed by atoms with van der Waals surface area (Å²) in [4.78, 5) is 30.6. The van der Waals surface area contributed by atoms with E-state index in [4.69, 9.17) is 5.11 Å². The first kappa shape index (κ1) is 11.6. The first-order chi connectivity index (χ1) is 7.50. The monoisotopic (exact) mass is 224 g/mol. The zero-order valence-electron chi connectivity index (χ0n) is 8.04. The highest BCUT2D eigenvalue weighted by Crippen LogP contribution is 2.11. The van der Waals surface area contributed by atoms with Gasteiger partial charge in [-0.15, -0.1) is 0 Å². The van der Waals surface area contributed by atoms with E-state index in [0.29, 0.717) is 5.56 Å². The van der Waals surface area contributed by atoms with Gasteiger partial charge in [-0.25, -0.2) is 4.79 Å². The molecule has 0 spiro atoms. The Morgan fingerprint density at radius 3 is 2.31 bits per heavy atom. The first-order valence-corrected chi connectivity index (χ1v) is 4.25. The number of non-ortho nitro benzene ring substituents is 1. The van der Waals surface area contributed by atoms with E-state index >= 15 is 0 Å². The number of benzene rings is 1. The van der Waals surface area contributed by atoms with Gasteiger partial charge in [-0.2, -0.15) is 0 Å². The summed E-state index contributed by atoms with van der Waals surface area (Å²) in [5.41, 5.74) is 0.522. The van der Waals surface area contributed by atoms with Crippen molar-refractivity contribution >= 4 is 17.6 Å². The minimum atomic E-state index is -1.57. The van der Waals surface area contributed by atoms with Crippen LogP contribution in [0.4, 0.5) is 5.69 Å². The van der Waals surface area contributed by atoms with Crippen LogP contribution in [0.1, 0.15) is 5.56 Å². The Morgan fingerprint density at radius 2 is 1.88 bits per heavy atom. The Morgan fingerprint density at radius 1 is 1.31 bits per heavy atom. The lowest BCUT2D eigenvalue weighted by Gasteiger charge is -2.01. The van der Waals surface area contributed by atoms with Crippen LogP contribution in [-0.4, -0.2) is 21.9 Å². The number of nitro benzene ring substituents is 1. The van der Waals surface area contributed by atoms with Crippen LogP contribution < -0.4 is 5.32 Å². The zero-order chi connectivity index (χ0) is 12.1. The van der Waals surface area contributed by atoms with Gasteiger partial charge in [0, 0.05) is 18.7 Å². The summed E-state index contributed by atoms with van der Waals surface area (Å²) in [6, 6.07) is 5.45. The molecule has 0 saturated carbocycles. The molecule has 7 heteroatoms. The Labute approximate surface area is 89.8 Å². The van der Waals surface area contributed by atoms with Crippen LogP contribution in [0, 0.1) is 10.1 Å². The molecule has 0 aliphatic rings. The van der Waals surface area contributed by atoms with Crippen molar-refractivity contribution in [2.24, 2.45) is 0 Å². The normalized spacial score (nSPS) is 9.50. The molecule has 84 valence electrons. The van der Waals surface area contributed by atoms with Gasteiger partial charge in [0.05, 0.1) is 4.92 Å². The minimum Gasteiger partial charge on any atom is -0.474 e. The maximum atomic E-state index is 10.7. The molecule has 0 aliphatic heterocycles. The summed E-state index contributed by atoms with van der Waals surface area (Å²) in [5.74, 6) is -2.68. The number of carbonyl (C=O) groups excluding carboxylic acids is 1. The van der Waals surface area contributed by atoms with Gasteiger partial charge in [0.25, 0.3) is 5.69 Å². The maximum absolute atomic E-state index is 10.7. The summed E-state index contributed by atoms with van der Waals surface area (Å²) >= 11 is 0. The lowest BCUT2D eigenvalue weighted by Crippen LogP contribution is -2.29. The van der Waals surface area contributed by atoms with Gasteiger partial charge in [0.15, 0.2) is 0 Å². The van der Waals surface area contributed by atoms with E-state index in [-0.39, 0.29) is 12.2 Å². The molecule has 0 heterocycles. The fourth-order valence-electron chi connectivity index (χ4n) is 0.993. The van der Waals surface area contributed by atoms with Gasteiger partial charge in [0.2, 0.25) is 0 Å². The molecule has 0 unspecified atom stereocenters. The largest absolute Gasteiger partial charge is 0.474 e. The van der Waals surface area contributed by atoms with Crippen LogP contribution in [0.2, 0.25) is 0 Å². The van der Waals surface area contributed by atoms with E-state index in [1.807, 2.05) is 0 Å². The van der Waals surface area contributed by atoms with Crippen LogP contribution in [0.3, 0.4) is 0 Å². The summed E-state index contributed by atoms with van der Waals surface area (Å²) in [6.07, 6.45) is 0. The lowest BCUT2D eigenvalue weighted by atomic mass is 10.2. The van der Waals surface area contributed by atoms with E-state index in [9.17, 15) is 19.7 Å². The Balaban J connectivity index is 2.59. The molecule has 0 atom stereocenters. The molecule has 0 radical (unpaired) electrons. The van der Waals surface area contributed by atoms with Crippen molar-refractivity contribution in [1.29, 1.82) is 0 Å². The fourth-order valence-corrected chi connectivity index (χ4v) is 0.993. The number of hydrogen-bond donors (Lipinski definition) is 2. The molecule has 0 aromatic heterocycles. The third kappa shape index (κ3) is 3.05. The summed E-state index contributed by atoms with van der Waals surface area (Å²) < 4.78 is 0. The summed E-state index contributed by atoms with van der Waals surface area (Å²) in [5, 5.41) is 20.7. The second kappa shape index (κ2) is 4.87. The molecule has 0 bridgehead atoms. The highest BCUT2D eigenvalue weighted by Gasteiger charge is 2.10. The minimum absolute atomic E-state index is 0.0170. The standard InChI is InChI=1S/C9H8N2O5/c12-8(9(13)14)10-5-6-1-3-7(4-2-6)11(15)16/h1-4H,5H2,(H,10,12)(H,13,14). The van der Waals surface area contributed by atoms with Crippen LogP contribution in [0.25, 0.3) is 0 Å². The number of nitrogens with zero attached hydrogens (tertiary/aromatic N) is 1. The van der Waals surface area contributed by atoms with Crippen LogP contribution in [-0.2, 0) is 16.1 Å². The predicted molar refractivity (Wildman–Crippen MR) is 52.6 cm³/mol. The third-order valence-electron chi connectivity index (χ3n) is 1.79. The number of rotatable bonds is 3. The van der Waals surface area contributed by atoms with Gasteiger partial charge in [0.1, 0.15) is 0 Å². The summed E-state index contributed by atoms with van der Waals surface area (Å²) in [7, 11) is 0. The first-order valence-electron chi connectivity index (χ1n) is 4.25. The molecule has 0 saturated heterocycles. The third-order valence-corrected chi connectivity index (χ3v) is 1.79. The van der Waals surface area contributed by atoms with Crippen molar-refractivity contribution in [3.63, 3.8) is 0 Å². The number of nitrogens with one attached hydrogen (secondary N) is 1. The van der Waals surface area contributed by atoms with E-state index in [1.54, 1.807) is 0 Å². The Hall–Kier alpha value is -2.44. The van der Waals surface area contributed by atoms with Crippen molar-refractivity contribution in [3.05, 3.63) is 39.9 Å². The molecule has 2 N–H and O–H groups in total. The fraction of sp³-hybridized carbons (Fsp3) is 0.111. The van der Waals surface area contributed by atoms with Crippen molar-refractivity contribution in [2.45, 2.75) is 6.54 Å². The highest BCUT2D eigenvalue weighted by atomic mass is 16.6. The molecule has 0 fully saturated rings. The van der Waals surface area contributed by atoms with Crippen LogP contribution in [0.15, 0.2) is 24.3 Å². The number of aliphatic carboxylic acids is 1. The number of hydrogen-bond acceptors (Lipinski definition) is 4. The van der Waals surface area contributed by atoms with Crippen molar-refractivity contribution in [3.8, 4) is 0 Å². The molecule has 1 aromatic rings. The SMILES string of the molecule is O=C(O)C(=O)NCc1ccc([N+](=O)[O-])cc1. The number of nitro groups is 1. The molecule has 16 heavy (non-hydrogen) atoms. The molecule has 1 rings (SSSR count). The van der Waals surface area contributed by atoms with Gasteiger partial charge in [-0.3, -0.25) is 14.9 Å². The summed E-state index contributed by atoms with van der Waals surface area (Å²) in [6.45, 7) is 0.0170. The number of amides is 1. The maximum Gasteiger partial charge on any atom is 0.394 e. The van der Waals surface area contributed by atoms with Crippen molar-refractivity contribution < 1.29 is 19.6 Å². The van der Waals surface area contributed by atoms with Gasteiger partial charge < -0.3 is 10.4 Å². The number of carbonyl (C=O) groups is 2. The van der Waals surface area contributed by atoms with Crippen LogP contribution in [0.5, 0.6) is 0 Å². The average molecular weight is 224 g/mol. The van der Waals surface area contributed by atoms with E-state index < -0.39 is 16.8 Å². The molecule has 0 aliphatic carbocycles.